The van der Waals surface area contributed by atoms with Gasteiger partial charge < -0.3 is 10.5 Å². The van der Waals surface area contributed by atoms with Gasteiger partial charge in [-0.15, -0.1) is 0 Å². The van der Waals surface area contributed by atoms with Crippen LogP contribution in [0.1, 0.15) is 5.56 Å². The molecule has 0 aliphatic carbocycles. The van der Waals surface area contributed by atoms with Gasteiger partial charge in [-0.1, -0.05) is 18.2 Å². The lowest BCUT2D eigenvalue weighted by Crippen LogP contribution is -2.33. The molecule has 0 spiro atoms. The molecule has 0 saturated carbocycles. The number of ether oxygens (including phenoxy) is 1. The smallest absolute Gasteiger partial charge is 0.262 e. The van der Waals surface area contributed by atoms with E-state index in [2.05, 4.69) is 0 Å². The van der Waals surface area contributed by atoms with E-state index < -0.39 is 17.8 Å². The molecule has 2 rings (SSSR count). The predicted molar refractivity (Wildman–Crippen MR) is 49.0 cm³/mol. The summed E-state index contributed by atoms with van der Waals surface area (Å²) in [7, 11) is 0. The predicted octanol–water partition coefficient (Wildman–Crippen LogP) is 1.09. The van der Waals surface area contributed by atoms with Crippen molar-refractivity contribution in [3.63, 3.8) is 0 Å². The minimum Gasteiger partial charge on any atom is -0.473 e. The van der Waals surface area contributed by atoms with E-state index in [1.54, 1.807) is 18.2 Å². The molecule has 0 bridgehead atoms. The van der Waals surface area contributed by atoms with Crippen molar-refractivity contribution in [2.24, 2.45) is 5.73 Å². The average Bonchev–Trinajstić information content (AvgIpc) is 2.18. The Morgan fingerprint density at radius 1 is 1.50 bits per heavy atom. The number of rotatable bonds is 1. The van der Waals surface area contributed by atoms with E-state index in [4.69, 9.17) is 10.5 Å². The van der Waals surface area contributed by atoms with Gasteiger partial charge in [0.2, 0.25) is 0 Å². The third-order valence-electron chi connectivity index (χ3n) is 1.97. The number of fused-ring (bicyclic) bond motifs is 1. The molecule has 2 N–H and O–H groups in total. The molecule has 72 valence electrons. The standard InChI is InChI=1S/C10H8FNO2/c11-7-3-1-2-6-4-5-8(10(12)13)14-9(6)7/h1-5,8H,(H2,12,13). The first-order valence-electron chi connectivity index (χ1n) is 4.11. The highest BCUT2D eigenvalue weighted by molar-refractivity contribution is 5.83. The third kappa shape index (κ3) is 1.35. The van der Waals surface area contributed by atoms with Crippen molar-refractivity contribution in [1.82, 2.24) is 0 Å². The second-order valence-corrected chi connectivity index (χ2v) is 2.96. The van der Waals surface area contributed by atoms with E-state index >= 15 is 0 Å². The van der Waals surface area contributed by atoms with Crippen molar-refractivity contribution in [3.05, 3.63) is 35.7 Å². The number of carbonyl (C=O) groups is 1. The number of benzene rings is 1. The van der Waals surface area contributed by atoms with Gasteiger partial charge in [0.15, 0.2) is 17.7 Å². The van der Waals surface area contributed by atoms with Gasteiger partial charge >= 0.3 is 0 Å². The number of nitrogens with two attached hydrogens (primary N) is 1. The van der Waals surface area contributed by atoms with E-state index in [1.165, 1.54) is 12.1 Å². The van der Waals surface area contributed by atoms with Crippen LogP contribution in [-0.4, -0.2) is 12.0 Å². The summed E-state index contributed by atoms with van der Waals surface area (Å²) in [6.07, 6.45) is 2.25. The van der Waals surface area contributed by atoms with Gasteiger partial charge in [0.05, 0.1) is 0 Å². The summed E-state index contributed by atoms with van der Waals surface area (Å²) in [5.74, 6) is -1.04. The zero-order valence-corrected chi connectivity index (χ0v) is 7.24. The quantitative estimate of drug-likeness (QED) is 0.725. The van der Waals surface area contributed by atoms with Crippen LogP contribution in [0, 0.1) is 5.82 Å². The molecule has 14 heavy (non-hydrogen) atoms. The molecule has 3 nitrogen and oxygen atoms in total. The average molecular weight is 193 g/mol. The Morgan fingerprint density at radius 2 is 2.29 bits per heavy atom. The molecule has 0 fully saturated rings. The maximum Gasteiger partial charge on any atom is 0.262 e. The summed E-state index contributed by atoms with van der Waals surface area (Å²) in [6, 6.07) is 4.55. The Labute approximate surface area is 80.0 Å². The summed E-state index contributed by atoms with van der Waals surface area (Å²) >= 11 is 0. The maximum absolute atomic E-state index is 13.2. The normalized spacial score (nSPS) is 18.5. The molecule has 0 saturated heterocycles. The van der Waals surface area contributed by atoms with E-state index in [9.17, 15) is 9.18 Å². The largest absolute Gasteiger partial charge is 0.473 e. The lowest BCUT2D eigenvalue weighted by atomic mass is 10.1. The molecule has 1 aromatic rings. The fourth-order valence-corrected chi connectivity index (χ4v) is 1.29. The van der Waals surface area contributed by atoms with Gasteiger partial charge in [-0.05, 0) is 12.1 Å². The van der Waals surface area contributed by atoms with Gasteiger partial charge in [0, 0.05) is 5.56 Å². The molecule has 1 aromatic carbocycles. The SMILES string of the molecule is NC(=O)C1C=Cc2cccc(F)c2O1. The molecular formula is C10H8FNO2. The fourth-order valence-electron chi connectivity index (χ4n) is 1.29. The van der Waals surface area contributed by atoms with Crippen molar-refractivity contribution < 1.29 is 13.9 Å². The first-order valence-corrected chi connectivity index (χ1v) is 4.11. The summed E-state index contributed by atoms with van der Waals surface area (Å²) in [5.41, 5.74) is 5.65. The molecule has 0 aromatic heterocycles. The maximum atomic E-state index is 13.2. The highest BCUT2D eigenvalue weighted by Crippen LogP contribution is 2.28. The number of amides is 1. The van der Waals surface area contributed by atoms with E-state index in [0.29, 0.717) is 5.56 Å². The van der Waals surface area contributed by atoms with Crippen molar-refractivity contribution >= 4 is 12.0 Å². The molecule has 1 heterocycles. The van der Waals surface area contributed by atoms with Gasteiger partial charge in [-0.25, -0.2) is 4.39 Å². The summed E-state index contributed by atoms with van der Waals surface area (Å²) in [5, 5.41) is 0. The number of para-hydroxylation sites is 1. The summed E-state index contributed by atoms with van der Waals surface area (Å²) in [6.45, 7) is 0. The van der Waals surface area contributed by atoms with Gasteiger partial charge in [0.1, 0.15) is 0 Å². The highest BCUT2D eigenvalue weighted by atomic mass is 19.1. The zero-order chi connectivity index (χ0) is 10.1. The lowest BCUT2D eigenvalue weighted by molar-refractivity contribution is -0.122. The molecule has 1 atom stereocenters. The van der Waals surface area contributed by atoms with Crippen LogP contribution in [0.4, 0.5) is 4.39 Å². The second-order valence-electron chi connectivity index (χ2n) is 2.96. The number of carbonyl (C=O) groups excluding carboxylic acids is 1. The molecule has 1 aliphatic rings. The third-order valence-corrected chi connectivity index (χ3v) is 1.97. The molecule has 0 radical (unpaired) electrons. The molecule has 1 amide bonds. The summed E-state index contributed by atoms with van der Waals surface area (Å²) in [4.78, 5) is 10.8. The number of hydrogen-bond acceptors (Lipinski definition) is 2. The molecule has 1 unspecified atom stereocenters. The Hall–Kier alpha value is -1.84. The van der Waals surface area contributed by atoms with E-state index in [1.807, 2.05) is 0 Å². The number of hydrogen-bond donors (Lipinski definition) is 1. The first-order chi connectivity index (χ1) is 6.68. The monoisotopic (exact) mass is 193 g/mol. The van der Waals surface area contributed by atoms with Gasteiger partial charge in [-0.3, -0.25) is 4.79 Å². The summed E-state index contributed by atoms with van der Waals surface area (Å²) < 4.78 is 18.3. The number of halogens is 1. The minimum atomic E-state index is -0.876. The molecular weight excluding hydrogens is 185 g/mol. The van der Waals surface area contributed by atoms with Crippen molar-refractivity contribution in [2.45, 2.75) is 6.10 Å². The van der Waals surface area contributed by atoms with Crippen LogP contribution in [-0.2, 0) is 4.79 Å². The van der Waals surface area contributed by atoms with E-state index in [0.717, 1.165) is 0 Å². The van der Waals surface area contributed by atoms with Crippen molar-refractivity contribution in [3.8, 4) is 5.75 Å². The van der Waals surface area contributed by atoms with Crippen LogP contribution < -0.4 is 10.5 Å². The molecule has 1 aliphatic heterocycles. The van der Waals surface area contributed by atoms with Crippen molar-refractivity contribution in [1.29, 1.82) is 0 Å². The Morgan fingerprint density at radius 3 is 3.00 bits per heavy atom. The topological polar surface area (TPSA) is 52.3 Å². The van der Waals surface area contributed by atoms with E-state index in [-0.39, 0.29) is 5.75 Å². The van der Waals surface area contributed by atoms with Crippen LogP contribution in [0.3, 0.4) is 0 Å². The number of primary amides is 1. The Balaban J connectivity index is 2.42. The first kappa shape index (κ1) is 8.74. The fraction of sp³-hybridized carbons (Fsp3) is 0.100. The van der Waals surface area contributed by atoms with Crippen LogP contribution in [0.15, 0.2) is 24.3 Å². The Bertz CT molecular complexity index is 415. The second kappa shape index (κ2) is 3.14. The van der Waals surface area contributed by atoms with Crippen LogP contribution in [0.5, 0.6) is 5.75 Å². The van der Waals surface area contributed by atoms with Gasteiger partial charge in [0.25, 0.3) is 5.91 Å². The van der Waals surface area contributed by atoms with Crippen LogP contribution in [0.2, 0.25) is 0 Å². The zero-order valence-electron chi connectivity index (χ0n) is 7.24. The van der Waals surface area contributed by atoms with Crippen LogP contribution >= 0.6 is 0 Å². The van der Waals surface area contributed by atoms with Crippen LogP contribution in [0.25, 0.3) is 6.08 Å². The minimum absolute atomic E-state index is 0.0822. The lowest BCUT2D eigenvalue weighted by Gasteiger charge is -2.18. The Kier molecular flexibility index (Phi) is 1.96. The van der Waals surface area contributed by atoms with Gasteiger partial charge in [-0.2, -0.15) is 0 Å². The van der Waals surface area contributed by atoms with Crippen molar-refractivity contribution in [2.75, 3.05) is 0 Å². The molecule has 4 heteroatoms. The highest BCUT2D eigenvalue weighted by Gasteiger charge is 2.21.